The van der Waals surface area contributed by atoms with E-state index in [0.717, 1.165) is 22.4 Å². The van der Waals surface area contributed by atoms with Crippen LogP contribution in [0.25, 0.3) is 11.3 Å². The third-order valence-corrected chi connectivity index (χ3v) is 8.47. The summed E-state index contributed by atoms with van der Waals surface area (Å²) in [6.45, 7) is 14.7. The Morgan fingerprint density at radius 2 is 1.38 bits per heavy atom. The Morgan fingerprint density at radius 1 is 0.769 bits per heavy atom. The van der Waals surface area contributed by atoms with E-state index in [-0.39, 0.29) is 38.4 Å². The molecule has 2 aromatic carbocycles. The van der Waals surface area contributed by atoms with Crippen molar-refractivity contribution in [3.8, 4) is 11.3 Å². The standard InChI is InChI=1S/C40H56N6O6/c1-9-33(48)43-35(40(6,7)8)37(50)45-46(25-28-19-21-29(22-20-28)30-18-14-15-23-41-30)26-32(47)31(24-27-16-12-11-13-17-27)42-36(49)34(39(3,4)5)44-38(51)52-10-2/h11-23,31-32,34-35,47H,9-10,24-26H2,1-8H3,(H,42,49)(H,43,48)(H,44,51)(H,45,50). The van der Waals surface area contributed by atoms with Gasteiger partial charge in [-0.1, -0.05) is 109 Å². The lowest BCUT2D eigenvalue weighted by Crippen LogP contribution is -2.60. The number of pyridine rings is 1. The van der Waals surface area contributed by atoms with Crippen LogP contribution in [0.4, 0.5) is 4.79 Å². The van der Waals surface area contributed by atoms with E-state index in [2.05, 4.69) is 26.4 Å². The third-order valence-electron chi connectivity index (χ3n) is 8.47. The number of nitrogens with one attached hydrogen (secondary N) is 4. The van der Waals surface area contributed by atoms with E-state index >= 15 is 0 Å². The summed E-state index contributed by atoms with van der Waals surface area (Å²) in [5.74, 6) is -1.19. The van der Waals surface area contributed by atoms with Gasteiger partial charge < -0.3 is 25.8 Å². The minimum atomic E-state index is -1.20. The maximum atomic E-state index is 13.9. The van der Waals surface area contributed by atoms with Crippen molar-refractivity contribution in [2.75, 3.05) is 13.2 Å². The lowest BCUT2D eigenvalue weighted by molar-refractivity contribution is -0.136. The molecule has 0 radical (unpaired) electrons. The number of carbonyl (C=O) groups is 4. The van der Waals surface area contributed by atoms with E-state index in [0.29, 0.717) is 0 Å². The maximum absolute atomic E-state index is 13.9. The average molecular weight is 717 g/mol. The van der Waals surface area contributed by atoms with E-state index in [9.17, 15) is 24.3 Å². The number of carbonyl (C=O) groups excluding carboxylic acids is 4. The van der Waals surface area contributed by atoms with Crippen molar-refractivity contribution >= 4 is 23.8 Å². The van der Waals surface area contributed by atoms with Crippen molar-refractivity contribution in [1.82, 2.24) is 31.4 Å². The topological polar surface area (TPSA) is 162 Å². The van der Waals surface area contributed by atoms with Gasteiger partial charge in [0.15, 0.2) is 0 Å². The second-order valence-electron chi connectivity index (χ2n) is 15.0. The number of hydrogen-bond acceptors (Lipinski definition) is 8. The number of aliphatic hydroxyl groups is 1. The lowest BCUT2D eigenvalue weighted by atomic mass is 9.85. The van der Waals surface area contributed by atoms with Crippen LogP contribution >= 0.6 is 0 Å². The van der Waals surface area contributed by atoms with Gasteiger partial charge in [0.25, 0.3) is 5.91 Å². The van der Waals surface area contributed by atoms with E-state index < -0.39 is 53.0 Å². The molecule has 4 atom stereocenters. The number of alkyl carbamates (subject to hydrolysis) is 1. The summed E-state index contributed by atoms with van der Waals surface area (Å²) < 4.78 is 5.06. The lowest BCUT2D eigenvalue weighted by Gasteiger charge is -2.36. The Morgan fingerprint density at radius 3 is 1.94 bits per heavy atom. The van der Waals surface area contributed by atoms with Crippen molar-refractivity contribution in [3.63, 3.8) is 0 Å². The zero-order valence-electron chi connectivity index (χ0n) is 31.7. The summed E-state index contributed by atoms with van der Waals surface area (Å²) in [5.41, 5.74) is 5.10. The molecule has 3 aromatic rings. The van der Waals surface area contributed by atoms with Gasteiger partial charge >= 0.3 is 6.09 Å². The highest BCUT2D eigenvalue weighted by Gasteiger charge is 2.37. The fourth-order valence-electron chi connectivity index (χ4n) is 5.58. The Balaban J connectivity index is 1.95. The van der Waals surface area contributed by atoms with Crippen LogP contribution in [0.2, 0.25) is 0 Å². The molecule has 0 aliphatic carbocycles. The van der Waals surface area contributed by atoms with E-state index in [1.807, 2.05) is 114 Å². The van der Waals surface area contributed by atoms with Gasteiger partial charge in [0.2, 0.25) is 11.8 Å². The molecule has 4 unspecified atom stereocenters. The molecule has 12 nitrogen and oxygen atoms in total. The largest absolute Gasteiger partial charge is 0.450 e. The van der Waals surface area contributed by atoms with Crippen molar-refractivity contribution in [3.05, 3.63) is 90.1 Å². The van der Waals surface area contributed by atoms with Gasteiger partial charge in [0, 0.05) is 31.3 Å². The minimum Gasteiger partial charge on any atom is -0.450 e. The zero-order valence-corrected chi connectivity index (χ0v) is 31.7. The van der Waals surface area contributed by atoms with Gasteiger partial charge in [-0.25, -0.2) is 9.80 Å². The van der Waals surface area contributed by atoms with E-state index in [1.165, 1.54) is 0 Å². The highest BCUT2D eigenvalue weighted by atomic mass is 16.5. The second kappa shape index (κ2) is 19.1. The van der Waals surface area contributed by atoms with Crippen molar-refractivity contribution in [2.45, 2.75) is 99.0 Å². The smallest absolute Gasteiger partial charge is 0.407 e. The Kier molecular flexibility index (Phi) is 15.3. The molecule has 12 heteroatoms. The van der Waals surface area contributed by atoms with Crippen LogP contribution in [0.1, 0.15) is 72.9 Å². The number of hydrazine groups is 1. The van der Waals surface area contributed by atoms with Crippen LogP contribution in [0.15, 0.2) is 79.0 Å². The van der Waals surface area contributed by atoms with Crippen LogP contribution in [-0.2, 0) is 32.1 Å². The van der Waals surface area contributed by atoms with E-state index in [1.54, 1.807) is 25.1 Å². The van der Waals surface area contributed by atoms with E-state index in [4.69, 9.17) is 4.74 Å². The Hall–Kier alpha value is -4.81. The first-order chi connectivity index (χ1) is 24.5. The molecule has 0 spiro atoms. The first-order valence-electron chi connectivity index (χ1n) is 17.8. The average Bonchev–Trinajstić information content (AvgIpc) is 3.09. The number of amides is 4. The molecule has 0 saturated heterocycles. The van der Waals surface area contributed by atoms with Gasteiger partial charge in [-0.15, -0.1) is 0 Å². The number of rotatable bonds is 16. The van der Waals surface area contributed by atoms with Gasteiger partial charge in [0.1, 0.15) is 12.1 Å². The number of ether oxygens (including phenoxy) is 1. The number of aromatic nitrogens is 1. The first kappa shape index (κ1) is 41.6. The van der Waals surface area contributed by atoms with Crippen LogP contribution < -0.4 is 21.4 Å². The highest BCUT2D eigenvalue weighted by molar-refractivity contribution is 5.88. The highest BCUT2D eigenvalue weighted by Crippen LogP contribution is 2.23. The van der Waals surface area contributed by atoms with Gasteiger partial charge in [-0.3, -0.25) is 24.8 Å². The molecule has 4 amide bonds. The predicted octanol–water partition coefficient (Wildman–Crippen LogP) is 4.77. The molecule has 282 valence electrons. The molecule has 1 aromatic heterocycles. The molecule has 0 aliphatic rings. The molecule has 52 heavy (non-hydrogen) atoms. The van der Waals surface area contributed by atoms with Crippen LogP contribution in [0.3, 0.4) is 0 Å². The Bertz CT molecular complexity index is 1590. The summed E-state index contributed by atoms with van der Waals surface area (Å²) in [6, 6.07) is 20.2. The maximum Gasteiger partial charge on any atom is 0.407 e. The van der Waals surface area contributed by atoms with Gasteiger partial charge in [-0.2, -0.15) is 0 Å². The summed E-state index contributed by atoms with van der Waals surface area (Å²) in [7, 11) is 0. The van der Waals surface area contributed by atoms with Gasteiger partial charge in [-0.05, 0) is 47.4 Å². The number of benzene rings is 2. The predicted molar refractivity (Wildman–Crippen MR) is 201 cm³/mol. The second-order valence-corrected chi connectivity index (χ2v) is 15.0. The quantitative estimate of drug-likeness (QED) is 0.133. The van der Waals surface area contributed by atoms with Crippen molar-refractivity contribution < 1.29 is 29.0 Å². The molecule has 0 saturated carbocycles. The van der Waals surface area contributed by atoms with Gasteiger partial charge in [0.05, 0.1) is 24.4 Å². The Labute approximate surface area is 308 Å². The molecule has 0 aliphatic heterocycles. The fourth-order valence-corrected chi connectivity index (χ4v) is 5.58. The molecule has 1 heterocycles. The van der Waals surface area contributed by atoms with Crippen molar-refractivity contribution in [2.24, 2.45) is 10.8 Å². The molecular weight excluding hydrogens is 660 g/mol. The molecule has 3 rings (SSSR count). The molecule has 0 bridgehead atoms. The van der Waals surface area contributed by atoms with Crippen LogP contribution in [0, 0.1) is 10.8 Å². The third kappa shape index (κ3) is 13.1. The first-order valence-corrected chi connectivity index (χ1v) is 17.8. The number of aliphatic hydroxyl groups excluding tert-OH is 1. The zero-order chi connectivity index (χ0) is 38.5. The normalized spacial score (nSPS) is 14.0. The van der Waals surface area contributed by atoms with Crippen molar-refractivity contribution in [1.29, 1.82) is 0 Å². The summed E-state index contributed by atoms with van der Waals surface area (Å²) in [5, 5.41) is 22.0. The summed E-state index contributed by atoms with van der Waals surface area (Å²) >= 11 is 0. The number of nitrogens with zero attached hydrogens (tertiary/aromatic N) is 2. The summed E-state index contributed by atoms with van der Waals surface area (Å²) in [4.78, 5) is 57.0. The minimum absolute atomic E-state index is 0.0877. The monoisotopic (exact) mass is 716 g/mol. The summed E-state index contributed by atoms with van der Waals surface area (Å²) in [6.07, 6.45) is 0.295. The number of hydrogen-bond donors (Lipinski definition) is 5. The molecule has 0 fully saturated rings. The fraction of sp³-hybridized carbons (Fsp3) is 0.475. The molecular formula is C40H56N6O6. The van der Waals surface area contributed by atoms with Crippen LogP contribution in [0.5, 0.6) is 0 Å². The molecule has 5 N–H and O–H groups in total. The SMILES string of the molecule is CCOC(=O)NC(C(=O)NC(Cc1ccccc1)C(O)CN(Cc1ccc(-c2ccccn2)cc1)NC(=O)C(NC(=O)CC)C(C)(C)C)C(C)(C)C. The van der Waals surface area contributed by atoms with Crippen LogP contribution in [-0.4, -0.2) is 76.3 Å².